The van der Waals surface area contributed by atoms with Crippen LogP contribution in [0.1, 0.15) is 0 Å². The molecule has 0 unspecified atom stereocenters. The van der Waals surface area contributed by atoms with Gasteiger partial charge in [0.25, 0.3) is 0 Å². The lowest BCUT2D eigenvalue weighted by Gasteiger charge is -1.94. The van der Waals surface area contributed by atoms with Gasteiger partial charge in [0, 0.05) is 24.8 Å². The Morgan fingerprint density at radius 1 is 0.833 bits per heavy atom. The summed E-state index contributed by atoms with van der Waals surface area (Å²) in [6.07, 6.45) is 8.22. The molecule has 0 N–H and O–H groups in total. The van der Waals surface area contributed by atoms with Gasteiger partial charge in [-0.3, -0.25) is 4.98 Å². The SMILES string of the molecule is c1cnc(-c2cnccn2)nc1. The van der Waals surface area contributed by atoms with Crippen LogP contribution in [0.2, 0.25) is 0 Å². The molecule has 0 fully saturated rings. The van der Waals surface area contributed by atoms with E-state index in [1.165, 1.54) is 0 Å². The van der Waals surface area contributed by atoms with Crippen LogP contribution in [0.25, 0.3) is 11.5 Å². The van der Waals surface area contributed by atoms with Crippen LogP contribution < -0.4 is 0 Å². The van der Waals surface area contributed by atoms with E-state index in [9.17, 15) is 0 Å². The van der Waals surface area contributed by atoms with Crippen molar-refractivity contribution in [1.82, 2.24) is 19.9 Å². The summed E-state index contributed by atoms with van der Waals surface area (Å²) in [4.78, 5) is 16.1. The molecule has 0 amide bonds. The molecule has 0 aliphatic carbocycles. The monoisotopic (exact) mass is 158 g/mol. The molecule has 0 aliphatic heterocycles. The molecule has 0 bridgehead atoms. The van der Waals surface area contributed by atoms with Gasteiger partial charge >= 0.3 is 0 Å². The van der Waals surface area contributed by atoms with Gasteiger partial charge in [-0.1, -0.05) is 0 Å². The van der Waals surface area contributed by atoms with Gasteiger partial charge in [-0.2, -0.15) is 0 Å². The van der Waals surface area contributed by atoms with Crippen LogP contribution >= 0.6 is 0 Å². The van der Waals surface area contributed by atoms with E-state index < -0.39 is 0 Å². The van der Waals surface area contributed by atoms with E-state index in [1.54, 1.807) is 37.1 Å². The van der Waals surface area contributed by atoms with Crippen molar-refractivity contribution in [3.63, 3.8) is 0 Å². The third-order valence-electron chi connectivity index (χ3n) is 1.36. The maximum Gasteiger partial charge on any atom is 0.179 e. The van der Waals surface area contributed by atoms with Gasteiger partial charge in [-0.15, -0.1) is 0 Å². The second-order valence-corrected chi connectivity index (χ2v) is 2.16. The topological polar surface area (TPSA) is 51.6 Å². The van der Waals surface area contributed by atoms with Crippen LogP contribution in [-0.4, -0.2) is 19.9 Å². The maximum atomic E-state index is 4.06. The first-order valence-electron chi connectivity index (χ1n) is 3.50. The van der Waals surface area contributed by atoms with Crippen molar-refractivity contribution in [3.05, 3.63) is 37.1 Å². The second kappa shape index (κ2) is 3.04. The molecule has 2 heterocycles. The number of aromatic nitrogens is 4. The number of hydrogen-bond acceptors (Lipinski definition) is 4. The van der Waals surface area contributed by atoms with E-state index in [1.807, 2.05) is 0 Å². The van der Waals surface area contributed by atoms with Crippen molar-refractivity contribution in [2.45, 2.75) is 0 Å². The zero-order valence-corrected chi connectivity index (χ0v) is 6.25. The first-order chi connectivity index (χ1) is 5.97. The van der Waals surface area contributed by atoms with Gasteiger partial charge < -0.3 is 0 Å². The van der Waals surface area contributed by atoms with Crippen molar-refractivity contribution in [3.8, 4) is 11.5 Å². The van der Waals surface area contributed by atoms with E-state index in [-0.39, 0.29) is 0 Å². The highest BCUT2D eigenvalue weighted by Crippen LogP contribution is 2.05. The van der Waals surface area contributed by atoms with Gasteiger partial charge in [-0.05, 0) is 6.07 Å². The van der Waals surface area contributed by atoms with Crippen LogP contribution in [0.3, 0.4) is 0 Å². The van der Waals surface area contributed by atoms with Gasteiger partial charge in [0.05, 0.1) is 6.20 Å². The zero-order valence-electron chi connectivity index (χ0n) is 6.25. The van der Waals surface area contributed by atoms with Crippen molar-refractivity contribution in [1.29, 1.82) is 0 Å². The Labute approximate surface area is 69.4 Å². The van der Waals surface area contributed by atoms with Crippen LogP contribution in [0.15, 0.2) is 37.1 Å². The van der Waals surface area contributed by atoms with Crippen LogP contribution in [0.5, 0.6) is 0 Å². The standard InChI is InChI=1S/C8H6N4/c1-2-11-8(12-3-1)7-6-9-4-5-10-7/h1-6H. The molecule has 0 radical (unpaired) electrons. The summed E-state index contributed by atoms with van der Waals surface area (Å²) in [6, 6.07) is 1.76. The fourth-order valence-corrected chi connectivity index (χ4v) is 0.846. The second-order valence-electron chi connectivity index (χ2n) is 2.16. The molecule has 12 heavy (non-hydrogen) atoms. The van der Waals surface area contributed by atoms with E-state index in [2.05, 4.69) is 19.9 Å². The lowest BCUT2D eigenvalue weighted by atomic mass is 10.4. The van der Waals surface area contributed by atoms with Gasteiger partial charge in [0.15, 0.2) is 5.82 Å². The lowest BCUT2D eigenvalue weighted by molar-refractivity contribution is 1.11. The van der Waals surface area contributed by atoms with Crippen LogP contribution in [0.4, 0.5) is 0 Å². The molecule has 4 heteroatoms. The summed E-state index contributed by atoms with van der Waals surface area (Å²) in [6.45, 7) is 0. The van der Waals surface area contributed by atoms with Crippen LogP contribution in [-0.2, 0) is 0 Å². The largest absolute Gasteiger partial charge is 0.261 e. The van der Waals surface area contributed by atoms with Crippen molar-refractivity contribution in [2.75, 3.05) is 0 Å². The molecule has 58 valence electrons. The highest BCUT2D eigenvalue weighted by molar-refractivity contribution is 5.45. The molecule has 2 aromatic heterocycles. The fourth-order valence-electron chi connectivity index (χ4n) is 0.846. The van der Waals surface area contributed by atoms with Crippen molar-refractivity contribution in [2.24, 2.45) is 0 Å². The molecule has 0 saturated carbocycles. The first-order valence-corrected chi connectivity index (χ1v) is 3.50. The highest BCUT2D eigenvalue weighted by Gasteiger charge is 1.98. The molecular weight excluding hydrogens is 152 g/mol. The number of nitrogens with zero attached hydrogens (tertiary/aromatic N) is 4. The predicted molar refractivity (Wildman–Crippen MR) is 43.1 cm³/mol. The minimum atomic E-state index is 0.602. The number of rotatable bonds is 1. The highest BCUT2D eigenvalue weighted by atomic mass is 14.9. The average molecular weight is 158 g/mol. The average Bonchev–Trinajstić information content (AvgIpc) is 2.21. The Bertz CT molecular complexity index is 308. The Hall–Kier alpha value is -1.84. The summed E-state index contributed by atoms with van der Waals surface area (Å²) in [7, 11) is 0. The van der Waals surface area contributed by atoms with Gasteiger partial charge in [0.2, 0.25) is 0 Å². The molecule has 4 nitrogen and oxygen atoms in total. The molecule has 0 spiro atoms. The van der Waals surface area contributed by atoms with E-state index in [0.29, 0.717) is 11.5 Å². The Morgan fingerprint density at radius 3 is 2.33 bits per heavy atom. The fraction of sp³-hybridized carbons (Fsp3) is 0. The minimum Gasteiger partial charge on any atom is -0.261 e. The molecule has 0 aliphatic rings. The minimum absolute atomic E-state index is 0.602. The van der Waals surface area contributed by atoms with Gasteiger partial charge in [0.1, 0.15) is 5.69 Å². The predicted octanol–water partition coefficient (Wildman–Crippen LogP) is 0.934. The lowest BCUT2D eigenvalue weighted by Crippen LogP contribution is -1.89. The smallest absolute Gasteiger partial charge is 0.179 e. The van der Waals surface area contributed by atoms with E-state index >= 15 is 0 Å². The Morgan fingerprint density at radius 2 is 1.67 bits per heavy atom. The Balaban J connectivity index is 2.46. The number of hydrogen-bond donors (Lipinski definition) is 0. The summed E-state index contributed by atoms with van der Waals surface area (Å²) >= 11 is 0. The summed E-state index contributed by atoms with van der Waals surface area (Å²) in [5, 5.41) is 0. The Kier molecular flexibility index (Phi) is 1.74. The van der Waals surface area contributed by atoms with E-state index in [4.69, 9.17) is 0 Å². The first kappa shape index (κ1) is 6.84. The third kappa shape index (κ3) is 1.27. The maximum absolute atomic E-state index is 4.06. The quantitative estimate of drug-likeness (QED) is 0.619. The molecule has 2 rings (SSSR count). The molecule has 0 saturated heterocycles. The summed E-state index contributed by atoms with van der Waals surface area (Å²) in [5.74, 6) is 0.602. The van der Waals surface area contributed by atoms with Crippen molar-refractivity contribution < 1.29 is 0 Å². The molecular formula is C8H6N4. The molecule has 0 aromatic carbocycles. The third-order valence-corrected chi connectivity index (χ3v) is 1.36. The van der Waals surface area contributed by atoms with Gasteiger partial charge in [-0.25, -0.2) is 15.0 Å². The molecule has 0 atom stereocenters. The summed E-state index contributed by atoms with van der Waals surface area (Å²) in [5.41, 5.74) is 0.693. The summed E-state index contributed by atoms with van der Waals surface area (Å²) < 4.78 is 0. The zero-order chi connectivity index (χ0) is 8.23. The normalized spacial score (nSPS) is 9.67. The van der Waals surface area contributed by atoms with Crippen molar-refractivity contribution >= 4 is 0 Å². The van der Waals surface area contributed by atoms with Crippen LogP contribution in [0, 0.1) is 0 Å². The van der Waals surface area contributed by atoms with E-state index in [0.717, 1.165) is 0 Å². The molecule has 2 aromatic rings.